The van der Waals surface area contributed by atoms with Gasteiger partial charge in [-0.1, -0.05) is 23.7 Å². The van der Waals surface area contributed by atoms with Crippen molar-refractivity contribution in [3.05, 3.63) is 68.2 Å². The number of benzene rings is 1. The zero-order valence-electron chi connectivity index (χ0n) is 22.1. The average Bonchev–Trinajstić information content (AvgIpc) is 2.95. The molecule has 1 fully saturated rings. The minimum atomic E-state index is -1.39. The van der Waals surface area contributed by atoms with E-state index >= 15 is 0 Å². The number of H-pyrrole nitrogens is 1. The van der Waals surface area contributed by atoms with E-state index in [9.17, 15) is 39.0 Å². The lowest BCUT2D eigenvalue weighted by molar-refractivity contribution is -0.151. The molecular formula is C26H25ClN4O10S. The molecule has 0 radical (unpaired) electrons. The second kappa shape index (κ2) is 12.6. The minimum Gasteiger partial charge on any atom is -0.508 e. The van der Waals surface area contributed by atoms with Gasteiger partial charge in [-0.15, -0.1) is 11.8 Å². The predicted molar refractivity (Wildman–Crippen MR) is 148 cm³/mol. The fourth-order valence-corrected chi connectivity index (χ4v) is 5.70. The highest BCUT2D eigenvalue weighted by Crippen LogP contribution is 2.40. The third kappa shape index (κ3) is 6.36. The van der Waals surface area contributed by atoms with Crippen LogP contribution in [-0.4, -0.2) is 80.1 Å². The highest BCUT2D eigenvalue weighted by molar-refractivity contribution is 8.00. The number of hydrogen-bond acceptors (Lipinski definition) is 10. The SMILES string of the molecule is CC(=O)OCC1=C(C(=O)O)N2C(=O)C(NC(=O)C(NC(=O)COc3c[nH]c(C)c(Cl)c3=O)c3ccc(O)cc3)[C@@H]2SC1. The topological polar surface area (TPSA) is 204 Å². The number of β-lactam (4-membered cyclic amide) rings is 1. The summed E-state index contributed by atoms with van der Waals surface area (Å²) >= 11 is 7.10. The number of nitrogens with one attached hydrogen (secondary N) is 3. The van der Waals surface area contributed by atoms with Crippen molar-refractivity contribution < 1.29 is 43.7 Å². The zero-order chi connectivity index (χ0) is 30.7. The summed E-state index contributed by atoms with van der Waals surface area (Å²) in [6.45, 7) is 1.80. The Morgan fingerprint density at radius 2 is 1.90 bits per heavy atom. The van der Waals surface area contributed by atoms with Crippen LogP contribution in [0.4, 0.5) is 0 Å². The van der Waals surface area contributed by atoms with E-state index < -0.39 is 59.2 Å². The average molecular weight is 621 g/mol. The molecule has 222 valence electrons. The van der Waals surface area contributed by atoms with Crippen LogP contribution < -0.4 is 20.8 Å². The summed E-state index contributed by atoms with van der Waals surface area (Å²) in [5, 5.41) is 23.6. The number of amides is 3. The van der Waals surface area contributed by atoms with Crippen molar-refractivity contribution in [3.8, 4) is 11.5 Å². The first kappa shape index (κ1) is 30.5. The Balaban J connectivity index is 1.48. The Labute approximate surface area is 247 Å². The van der Waals surface area contributed by atoms with Crippen LogP contribution in [0.5, 0.6) is 11.5 Å². The number of aromatic hydroxyl groups is 1. The minimum absolute atomic E-state index is 0.0935. The number of phenols is 1. The van der Waals surface area contributed by atoms with Gasteiger partial charge in [0, 0.05) is 30.1 Å². The fourth-order valence-electron chi connectivity index (χ4n) is 4.22. The molecule has 0 saturated carbocycles. The Bertz CT molecular complexity index is 1540. The molecule has 0 spiro atoms. The summed E-state index contributed by atoms with van der Waals surface area (Å²) in [5.41, 5.74) is -0.0430. The van der Waals surface area contributed by atoms with Crippen molar-refractivity contribution in [2.75, 3.05) is 19.0 Å². The Morgan fingerprint density at radius 1 is 1.21 bits per heavy atom. The van der Waals surface area contributed by atoms with E-state index in [1.54, 1.807) is 6.92 Å². The number of pyridine rings is 1. The number of rotatable bonds is 10. The molecule has 2 unspecified atom stereocenters. The van der Waals surface area contributed by atoms with E-state index in [1.807, 2.05) is 0 Å². The molecule has 2 aliphatic rings. The van der Waals surface area contributed by atoms with Crippen LogP contribution in [0.2, 0.25) is 5.02 Å². The smallest absolute Gasteiger partial charge is 0.352 e. The van der Waals surface area contributed by atoms with E-state index in [4.69, 9.17) is 21.1 Å². The Kier molecular flexibility index (Phi) is 9.11. The van der Waals surface area contributed by atoms with E-state index in [2.05, 4.69) is 15.6 Å². The maximum Gasteiger partial charge on any atom is 0.352 e. The normalized spacial score (nSPS) is 18.4. The van der Waals surface area contributed by atoms with Gasteiger partial charge in [-0.05, 0) is 24.6 Å². The standard InChI is InChI=1S/C26H25ClN4O10S/c1-11-18(27)22(35)16(7-28-11)41-9-17(34)29-19(13-3-5-15(33)6-4-13)23(36)30-20-24(37)31-21(26(38)39)14(8-40-12(2)32)10-42-25(20)31/h3-7,19-20,25,33H,8-10H2,1-2H3,(H,28,35)(H,29,34)(H,30,36)(H,38,39)/t19?,20?,25-/m0/s1. The van der Waals surface area contributed by atoms with Crippen molar-refractivity contribution in [2.24, 2.45) is 0 Å². The second-order valence-corrected chi connectivity index (χ2v) is 10.7. The van der Waals surface area contributed by atoms with Crippen LogP contribution in [-0.2, 0) is 28.7 Å². The Hall–Kier alpha value is -4.50. The summed E-state index contributed by atoms with van der Waals surface area (Å²) in [7, 11) is 0. The molecule has 1 aromatic carbocycles. The molecule has 0 bridgehead atoms. The number of fused-ring (bicyclic) bond motifs is 1. The first-order valence-electron chi connectivity index (χ1n) is 12.3. The van der Waals surface area contributed by atoms with Crippen molar-refractivity contribution in [2.45, 2.75) is 31.3 Å². The summed E-state index contributed by atoms with van der Waals surface area (Å²) in [6.07, 6.45) is 1.24. The zero-order valence-corrected chi connectivity index (χ0v) is 23.7. The van der Waals surface area contributed by atoms with Crippen molar-refractivity contribution >= 4 is 53.0 Å². The third-order valence-electron chi connectivity index (χ3n) is 6.32. The van der Waals surface area contributed by atoms with E-state index in [0.717, 1.165) is 4.90 Å². The number of nitrogens with zero attached hydrogens (tertiary/aromatic N) is 1. The number of halogens is 1. The van der Waals surface area contributed by atoms with Crippen LogP contribution in [0.25, 0.3) is 0 Å². The molecule has 14 nitrogen and oxygen atoms in total. The number of carbonyl (C=O) groups is 5. The summed E-state index contributed by atoms with van der Waals surface area (Å²) in [6, 6.07) is 2.91. The van der Waals surface area contributed by atoms with Gasteiger partial charge in [0.15, 0.2) is 12.4 Å². The van der Waals surface area contributed by atoms with Gasteiger partial charge >= 0.3 is 11.9 Å². The van der Waals surface area contributed by atoms with E-state index in [-0.39, 0.29) is 45.7 Å². The largest absolute Gasteiger partial charge is 0.508 e. The second-order valence-electron chi connectivity index (χ2n) is 9.24. The lowest BCUT2D eigenvalue weighted by atomic mass is 10.0. The van der Waals surface area contributed by atoms with Gasteiger partial charge in [0.05, 0.1) is 0 Å². The quantitative estimate of drug-likeness (QED) is 0.183. The number of carboxylic acid groups (broad SMARTS) is 1. The van der Waals surface area contributed by atoms with Crippen LogP contribution in [0, 0.1) is 6.92 Å². The summed E-state index contributed by atoms with van der Waals surface area (Å²) in [5.74, 6) is -4.46. The van der Waals surface area contributed by atoms with Crippen LogP contribution in [0.3, 0.4) is 0 Å². The van der Waals surface area contributed by atoms with Gasteiger partial charge in [-0.3, -0.25) is 28.9 Å². The molecule has 3 heterocycles. The lowest BCUT2D eigenvalue weighted by Crippen LogP contribution is -2.71. The first-order valence-corrected chi connectivity index (χ1v) is 13.7. The van der Waals surface area contributed by atoms with Gasteiger partial charge in [0.25, 0.3) is 11.8 Å². The highest BCUT2D eigenvalue weighted by Gasteiger charge is 2.54. The van der Waals surface area contributed by atoms with Gasteiger partial charge in [-0.2, -0.15) is 0 Å². The number of aryl methyl sites for hydroxylation is 1. The molecule has 5 N–H and O–H groups in total. The van der Waals surface area contributed by atoms with Crippen LogP contribution >= 0.6 is 23.4 Å². The van der Waals surface area contributed by atoms with Gasteiger partial charge < -0.3 is 35.3 Å². The predicted octanol–water partition coefficient (Wildman–Crippen LogP) is 0.580. The van der Waals surface area contributed by atoms with Gasteiger partial charge in [-0.25, -0.2) is 4.79 Å². The van der Waals surface area contributed by atoms with Crippen molar-refractivity contribution in [1.29, 1.82) is 0 Å². The maximum absolute atomic E-state index is 13.4. The monoisotopic (exact) mass is 620 g/mol. The molecule has 4 rings (SSSR count). The molecular weight excluding hydrogens is 596 g/mol. The van der Waals surface area contributed by atoms with E-state index in [1.165, 1.54) is 49.1 Å². The molecule has 16 heteroatoms. The number of aliphatic carboxylic acids is 1. The number of aromatic amines is 1. The number of ether oxygens (including phenoxy) is 2. The number of carboxylic acids is 1. The molecule has 0 aliphatic carbocycles. The number of hydrogen-bond donors (Lipinski definition) is 5. The van der Waals surface area contributed by atoms with Crippen molar-refractivity contribution in [3.63, 3.8) is 0 Å². The molecule has 3 amide bonds. The number of aromatic nitrogens is 1. The third-order valence-corrected chi connectivity index (χ3v) is 8.12. The molecule has 42 heavy (non-hydrogen) atoms. The molecule has 2 aromatic rings. The maximum atomic E-state index is 13.4. The van der Waals surface area contributed by atoms with Crippen LogP contribution in [0.1, 0.15) is 24.2 Å². The van der Waals surface area contributed by atoms with Crippen molar-refractivity contribution in [1.82, 2.24) is 20.5 Å². The van der Waals surface area contributed by atoms with Gasteiger partial charge in [0.2, 0.25) is 11.3 Å². The summed E-state index contributed by atoms with van der Waals surface area (Å²) in [4.78, 5) is 78.3. The molecule has 2 aliphatic heterocycles. The number of phenolic OH excluding ortho intramolecular Hbond substituents is 1. The fraction of sp³-hybridized carbons (Fsp3) is 0.308. The van der Waals surface area contributed by atoms with Gasteiger partial charge in [0.1, 0.15) is 40.5 Å². The first-order chi connectivity index (χ1) is 19.9. The van der Waals surface area contributed by atoms with Crippen LogP contribution in [0.15, 0.2) is 46.5 Å². The lowest BCUT2D eigenvalue weighted by Gasteiger charge is -2.49. The molecule has 1 aromatic heterocycles. The molecule has 1 saturated heterocycles. The number of esters is 1. The molecule has 3 atom stereocenters. The highest BCUT2D eigenvalue weighted by atomic mass is 35.5. The number of thioether (sulfide) groups is 1. The number of carbonyl (C=O) groups excluding carboxylic acids is 4. The summed E-state index contributed by atoms with van der Waals surface area (Å²) < 4.78 is 10.2. The van der Waals surface area contributed by atoms with E-state index in [0.29, 0.717) is 5.69 Å². The Morgan fingerprint density at radius 3 is 2.55 bits per heavy atom.